The Morgan fingerprint density at radius 1 is 0.706 bits per heavy atom. The van der Waals surface area contributed by atoms with Crippen LogP contribution in [-0.2, 0) is 47.6 Å². The molecule has 0 bridgehead atoms. The van der Waals surface area contributed by atoms with E-state index in [0.29, 0.717) is 11.3 Å². The standard InChI is InChI=1S/C41H66O10/c1-23(2)11-10-12-24(3)32-15-16-33-31-14-13-29-21-30(17-19-40(29,8)34(31)18-20-41(32,33)9)50-39-38(49-28(7)45)37(48-27(6)44)36(47-26(5)43)35(51-39)22-46-25(4)42/h23-24,29-39H,10-22H2,1-9H3. The average molecular weight is 719 g/mol. The molecule has 290 valence electrons. The summed E-state index contributed by atoms with van der Waals surface area (Å²) in [6.07, 6.45) is 8.77. The lowest BCUT2D eigenvalue weighted by molar-refractivity contribution is -0.321. The first kappa shape index (κ1) is 40.0. The number of carbonyl (C=O) groups excluding carboxylic acids is 4. The lowest BCUT2D eigenvalue weighted by Gasteiger charge is -2.61. The van der Waals surface area contributed by atoms with Gasteiger partial charge in [-0.1, -0.05) is 53.9 Å². The molecule has 51 heavy (non-hydrogen) atoms. The van der Waals surface area contributed by atoms with Crippen LogP contribution in [0, 0.1) is 52.3 Å². The van der Waals surface area contributed by atoms with Crippen LogP contribution in [-0.4, -0.2) is 67.3 Å². The van der Waals surface area contributed by atoms with Crippen molar-refractivity contribution in [3.8, 4) is 0 Å². The van der Waals surface area contributed by atoms with Gasteiger partial charge in [0.15, 0.2) is 24.6 Å². The van der Waals surface area contributed by atoms with Crippen molar-refractivity contribution in [2.75, 3.05) is 6.61 Å². The van der Waals surface area contributed by atoms with E-state index in [2.05, 4.69) is 34.6 Å². The van der Waals surface area contributed by atoms with Gasteiger partial charge in [-0.3, -0.25) is 19.2 Å². The third-order valence-electron chi connectivity index (χ3n) is 14.1. The van der Waals surface area contributed by atoms with Gasteiger partial charge in [-0.25, -0.2) is 0 Å². The van der Waals surface area contributed by atoms with E-state index in [1.807, 2.05) is 0 Å². The zero-order valence-corrected chi connectivity index (χ0v) is 32.8. The summed E-state index contributed by atoms with van der Waals surface area (Å²) in [5.41, 5.74) is 0.698. The van der Waals surface area contributed by atoms with Gasteiger partial charge in [-0.2, -0.15) is 0 Å². The fourth-order valence-electron chi connectivity index (χ4n) is 11.9. The van der Waals surface area contributed by atoms with E-state index in [1.54, 1.807) is 0 Å². The maximum Gasteiger partial charge on any atom is 0.303 e. The summed E-state index contributed by atoms with van der Waals surface area (Å²) in [4.78, 5) is 48.5. The second kappa shape index (κ2) is 16.4. The largest absolute Gasteiger partial charge is 0.463 e. The van der Waals surface area contributed by atoms with Gasteiger partial charge < -0.3 is 28.4 Å². The molecule has 0 radical (unpaired) electrons. The minimum atomic E-state index is -1.22. The van der Waals surface area contributed by atoms with Gasteiger partial charge in [-0.05, 0) is 110 Å². The number of fused-ring (bicyclic) bond motifs is 5. The highest BCUT2D eigenvalue weighted by Gasteiger charge is 2.61. The van der Waals surface area contributed by atoms with Gasteiger partial charge in [-0.15, -0.1) is 0 Å². The second-order valence-electron chi connectivity index (χ2n) is 17.8. The van der Waals surface area contributed by atoms with Crippen LogP contribution < -0.4 is 0 Å². The highest BCUT2D eigenvalue weighted by molar-refractivity contribution is 5.68. The van der Waals surface area contributed by atoms with Crippen LogP contribution in [0.15, 0.2) is 0 Å². The van der Waals surface area contributed by atoms with E-state index in [0.717, 1.165) is 54.8 Å². The fraction of sp³-hybridized carbons (Fsp3) is 0.902. The number of carbonyl (C=O) groups is 4. The Balaban J connectivity index is 1.29. The molecule has 4 aliphatic carbocycles. The van der Waals surface area contributed by atoms with Crippen molar-refractivity contribution >= 4 is 23.9 Å². The number of esters is 4. The van der Waals surface area contributed by atoms with Crippen LogP contribution in [0.25, 0.3) is 0 Å². The number of hydrogen-bond donors (Lipinski definition) is 0. The molecule has 0 aromatic carbocycles. The molecule has 1 heterocycles. The second-order valence-corrected chi connectivity index (χ2v) is 17.8. The summed E-state index contributed by atoms with van der Waals surface area (Å²) < 4.78 is 35.1. The molecule has 0 spiro atoms. The molecule has 5 rings (SSSR count). The van der Waals surface area contributed by atoms with Gasteiger partial charge >= 0.3 is 23.9 Å². The molecule has 5 fully saturated rings. The molecule has 10 nitrogen and oxygen atoms in total. The molecule has 0 amide bonds. The molecule has 0 aromatic rings. The van der Waals surface area contributed by atoms with Crippen LogP contribution in [0.2, 0.25) is 0 Å². The van der Waals surface area contributed by atoms with Crippen LogP contribution in [0.1, 0.15) is 139 Å². The molecule has 14 unspecified atom stereocenters. The minimum absolute atomic E-state index is 0.170. The molecule has 0 N–H and O–H groups in total. The normalized spacial score (nSPS) is 41.0. The maximum atomic E-state index is 12.3. The zero-order chi connectivity index (χ0) is 37.2. The van der Waals surface area contributed by atoms with Crippen molar-refractivity contribution in [1.82, 2.24) is 0 Å². The Labute approximate surface area is 306 Å². The maximum absolute atomic E-state index is 12.3. The SMILES string of the molecule is CC(=O)OCC1OC(OC2CCC3(C)C(CCC4C3CCC3(C)C(C(C)CCCC(C)C)CCC43)C2)C(OC(C)=O)C(OC(C)=O)C1OC(C)=O. The third-order valence-corrected chi connectivity index (χ3v) is 14.1. The third kappa shape index (κ3) is 8.79. The van der Waals surface area contributed by atoms with Crippen molar-refractivity contribution in [2.45, 2.75) is 176 Å². The molecule has 0 aromatic heterocycles. The van der Waals surface area contributed by atoms with Crippen molar-refractivity contribution in [3.05, 3.63) is 0 Å². The molecule has 1 aliphatic heterocycles. The fourth-order valence-corrected chi connectivity index (χ4v) is 11.9. The highest BCUT2D eigenvalue weighted by Crippen LogP contribution is 2.68. The van der Waals surface area contributed by atoms with E-state index in [-0.39, 0.29) is 18.1 Å². The monoisotopic (exact) mass is 718 g/mol. The smallest absolute Gasteiger partial charge is 0.303 e. The number of ether oxygens (including phenoxy) is 6. The molecule has 1 saturated heterocycles. The lowest BCUT2D eigenvalue weighted by atomic mass is 9.44. The quantitative estimate of drug-likeness (QED) is 0.113. The van der Waals surface area contributed by atoms with Crippen molar-refractivity contribution < 1.29 is 47.6 Å². The summed E-state index contributed by atoms with van der Waals surface area (Å²) in [5.74, 6) is 2.78. The van der Waals surface area contributed by atoms with E-state index < -0.39 is 54.6 Å². The Kier molecular flexibility index (Phi) is 12.9. The molecule has 4 saturated carbocycles. The van der Waals surface area contributed by atoms with Gasteiger partial charge in [0.1, 0.15) is 12.7 Å². The zero-order valence-electron chi connectivity index (χ0n) is 32.8. The first-order valence-corrected chi connectivity index (χ1v) is 20.0. The van der Waals surface area contributed by atoms with Gasteiger partial charge in [0.25, 0.3) is 0 Å². The summed E-state index contributed by atoms with van der Waals surface area (Å²) >= 11 is 0. The summed E-state index contributed by atoms with van der Waals surface area (Å²) in [7, 11) is 0. The first-order valence-electron chi connectivity index (χ1n) is 20.0. The van der Waals surface area contributed by atoms with Crippen molar-refractivity contribution in [1.29, 1.82) is 0 Å². The molecule has 5 aliphatic rings. The Morgan fingerprint density at radius 3 is 1.98 bits per heavy atom. The minimum Gasteiger partial charge on any atom is -0.463 e. The predicted octanol–water partition coefficient (Wildman–Crippen LogP) is 7.58. The molecule has 14 atom stereocenters. The van der Waals surface area contributed by atoms with Gasteiger partial charge in [0, 0.05) is 27.7 Å². The number of rotatable bonds is 12. The van der Waals surface area contributed by atoms with E-state index in [4.69, 9.17) is 28.4 Å². The van der Waals surface area contributed by atoms with E-state index in [1.165, 1.54) is 85.5 Å². The van der Waals surface area contributed by atoms with Gasteiger partial charge in [0.05, 0.1) is 6.10 Å². The van der Waals surface area contributed by atoms with Crippen LogP contribution in [0.5, 0.6) is 0 Å². The summed E-state index contributed by atoms with van der Waals surface area (Å²) in [6.45, 7) is 17.1. The molecular weight excluding hydrogens is 652 g/mol. The van der Waals surface area contributed by atoms with Crippen LogP contribution >= 0.6 is 0 Å². The van der Waals surface area contributed by atoms with E-state index in [9.17, 15) is 19.2 Å². The van der Waals surface area contributed by atoms with Crippen molar-refractivity contribution in [2.24, 2.45) is 52.3 Å². The summed E-state index contributed by atoms with van der Waals surface area (Å²) in [6, 6.07) is 0. The Morgan fingerprint density at radius 2 is 1.33 bits per heavy atom. The molecule has 10 heteroatoms. The van der Waals surface area contributed by atoms with Crippen LogP contribution in [0.4, 0.5) is 0 Å². The number of hydrogen-bond acceptors (Lipinski definition) is 10. The topological polar surface area (TPSA) is 124 Å². The summed E-state index contributed by atoms with van der Waals surface area (Å²) in [5, 5.41) is 0. The van der Waals surface area contributed by atoms with Crippen LogP contribution in [0.3, 0.4) is 0 Å². The highest BCUT2D eigenvalue weighted by atomic mass is 16.7. The first-order chi connectivity index (χ1) is 24.0. The lowest BCUT2D eigenvalue weighted by Crippen LogP contribution is -2.63. The van der Waals surface area contributed by atoms with E-state index >= 15 is 0 Å². The Hall–Kier alpha value is -2.20. The molecular formula is C41H66O10. The van der Waals surface area contributed by atoms with Crippen molar-refractivity contribution in [3.63, 3.8) is 0 Å². The van der Waals surface area contributed by atoms with Gasteiger partial charge in [0.2, 0.25) is 0 Å². The Bertz CT molecular complexity index is 1250. The predicted molar refractivity (Wildman–Crippen MR) is 190 cm³/mol. The average Bonchev–Trinajstić information content (AvgIpc) is 3.39.